The van der Waals surface area contributed by atoms with Gasteiger partial charge in [0.05, 0.1) is 4.92 Å². The molecule has 0 bridgehead atoms. The number of thioether (sulfide) groups is 1. The van der Waals surface area contributed by atoms with Crippen molar-refractivity contribution in [3.05, 3.63) is 70.3 Å². The first-order valence-corrected chi connectivity index (χ1v) is 9.38. The van der Waals surface area contributed by atoms with Crippen molar-refractivity contribution in [1.82, 2.24) is 14.8 Å². The second-order valence-corrected chi connectivity index (χ2v) is 7.33. The number of non-ortho nitro benzene ring substituents is 1. The normalized spacial score (nSPS) is 11.0. The van der Waals surface area contributed by atoms with Gasteiger partial charge in [-0.3, -0.25) is 10.1 Å². The topological polar surface area (TPSA) is 73.8 Å². The van der Waals surface area contributed by atoms with Gasteiger partial charge in [0, 0.05) is 30.0 Å². The zero-order chi connectivity index (χ0) is 18.5. The van der Waals surface area contributed by atoms with E-state index in [9.17, 15) is 10.1 Å². The van der Waals surface area contributed by atoms with Crippen molar-refractivity contribution in [1.29, 1.82) is 0 Å². The molecule has 134 valence electrons. The third kappa shape index (κ3) is 4.29. The Morgan fingerprint density at radius 1 is 1.08 bits per heavy atom. The van der Waals surface area contributed by atoms with Gasteiger partial charge in [0.25, 0.3) is 5.69 Å². The molecule has 0 unspecified atom stereocenters. The lowest BCUT2D eigenvalue weighted by Gasteiger charge is -2.12. The van der Waals surface area contributed by atoms with E-state index in [1.54, 1.807) is 23.9 Å². The summed E-state index contributed by atoms with van der Waals surface area (Å²) in [6, 6.07) is 16.7. The van der Waals surface area contributed by atoms with Crippen molar-refractivity contribution in [3.8, 4) is 11.4 Å². The molecule has 0 aliphatic heterocycles. The van der Waals surface area contributed by atoms with Crippen LogP contribution in [0.1, 0.15) is 19.4 Å². The number of hydrogen-bond donors (Lipinski definition) is 0. The number of nitro benzene ring substituents is 1. The van der Waals surface area contributed by atoms with Crippen molar-refractivity contribution in [2.75, 3.05) is 0 Å². The summed E-state index contributed by atoms with van der Waals surface area (Å²) in [5.41, 5.74) is 2.16. The first kappa shape index (κ1) is 18.1. The largest absolute Gasteiger partial charge is 0.302 e. The molecule has 7 heteroatoms. The monoisotopic (exact) mass is 368 g/mol. The van der Waals surface area contributed by atoms with Crippen LogP contribution in [0, 0.1) is 16.0 Å². The molecule has 0 N–H and O–H groups in total. The van der Waals surface area contributed by atoms with Crippen LogP contribution in [0.3, 0.4) is 0 Å². The second-order valence-electron chi connectivity index (χ2n) is 6.39. The van der Waals surface area contributed by atoms with Crippen molar-refractivity contribution in [2.24, 2.45) is 5.92 Å². The van der Waals surface area contributed by atoms with Crippen LogP contribution in [0.25, 0.3) is 11.4 Å². The molecule has 3 aromatic rings. The van der Waals surface area contributed by atoms with Crippen LogP contribution in [0.2, 0.25) is 0 Å². The van der Waals surface area contributed by atoms with Crippen molar-refractivity contribution >= 4 is 17.4 Å². The number of hydrogen-bond acceptors (Lipinski definition) is 5. The van der Waals surface area contributed by atoms with E-state index in [-0.39, 0.29) is 10.6 Å². The average Bonchev–Trinajstić information content (AvgIpc) is 3.03. The predicted molar refractivity (Wildman–Crippen MR) is 103 cm³/mol. The molecular weight excluding hydrogens is 348 g/mol. The quantitative estimate of drug-likeness (QED) is 0.340. The summed E-state index contributed by atoms with van der Waals surface area (Å²) in [7, 11) is 0. The van der Waals surface area contributed by atoms with Gasteiger partial charge in [-0.1, -0.05) is 68.1 Å². The Labute approximate surface area is 156 Å². The molecule has 0 saturated heterocycles. The number of nitro groups is 1. The van der Waals surface area contributed by atoms with Crippen LogP contribution in [0.5, 0.6) is 0 Å². The predicted octanol–water partition coefficient (Wildman–Crippen LogP) is 4.80. The molecule has 0 aliphatic carbocycles. The molecule has 0 amide bonds. The molecule has 3 rings (SSSR count). The smallest absolute Gasteiger partial charge is 0.269 e. The fourth-order valence-corrected chi connectivity index (χ4v) is 3.49. The molecule has 0 saturated carbocycles. The summed E-state index contributed by atoms with van der Waals surface area (Å²) in [6.45, 7) is 5.17. The van der Waals surface area contributed by atoms with E-state index in [2.05, 4.69) is 28.6 Å². The lowest BCUT2D eigenvalue weighted by Crippen LogP contribution is -2.07. The molecule has 1 aromatic heterocycles. The Kier molecular flexibility index (Phi) is 5.68. The van der Waals surface area contributed by atoms with E-state index < -0.39 is 0 Å². The van der Waals surface area contributed by atoms with Gasteiger partial charge in [0.15, 0.2) is 11.0 Å². The highest BCUT2D eigenvalue weighted by Crippen LogP contribution is 2.27. The van der Waals surface area contributed by atoms with Crippen LogP contribution >= 0.6 is 11.8 Å². The van der Waals surface area contributed by atoms with Gasteiger partial charge >= 0.3 is 0 Å². The molecule has 0 atom stereocenters. The third-order valence-electron chi connectivity index (χ3n) is 3.81. The molecule has 0 fully saturated rings. The van der Waals surface area contributed by atoms with Gasteiger partial charge in [-0.25, -0.2) is 0 Å². The van der Waals surface area contributed by atoms with Gasteiger partial charge < -0.3 is 4.57 Å². The highest BCUT2D eigenvalue weighted by molar-refractivity contribution is 7.98. The number of aromatic nitrogens is 3. The summed E-state index contributed by atoms with van der Waals surface area (Å²) in [5, 5.41) is 20.4. The molecular formula is C19H20N4O2S. The summed E-state index contributed by atoms with van der Waals surface area (Å²) in [4.78, 5) is 10.4. The van der Waals surface area contributed by atoms with E-state index in [4.69, 9.17) is 0 Å². The van der Waals surface area contributed by atoms with Gasteiger partial charge in [-0.05, 0) is 11.5 Å². The van der Waals surface area contributed by atoms with Crippen LogP contribution in [-0.4, -0.2) is 19.7 Å². The summed E-state index contributed by atoms with van der Waals surface area (Å²) < 4.78 is 2.15. The molecule has 0 radical (unpaired) electrons. The average molecular weight is 368 g/mol. The number of benzene rings is 2. The van der Waals surface area contributed by atoms with Crippen LogP contribution in [0.15, 0.2) is 59.8 Å². The van der Waals surface area contributed by atoms with Crippen molar-refractivity contribution in [3.63, 3.8) is 0 Å². The zero-order valence-electron chi connectivity index (χ0n) is 14.7. The highest BCUT2D eigenvalue weighted by atomic mass is 32.2. The van der Waals surface area contributed by atoms with E-state index in [0.717, 1.165) is 28.7 Å². The summed E-state index contributed by atoms with van der Waals surface area (Å²) in [5.74, 6) is 2.01. The Hall–Kier alpha value is -2.67. The van der Waals surface area contributed by atoms with Crippen LogP contribution < -0.4 is 0 Å². The Morgan fingerprint density at radius 3 is 2.38 bits per heavy atom. The van der Waals surface area contributed by atoms with Crippen LogP contribution in [-0.2, 0) is 12.3 Å². The maximum atomic E-state index is 10.8. The SMILES string of the molecule is CC(C)Cn1c(SCc2ccc([N+](=O)[O-])cc2)nnc1-c1ccccc1. The minimum atomic E-state index is -0.387. The Balaban J connectivity index is 1.81. The first-order valence-electron chi connectivity index (χ1n) is 8.39. The zero-order valence-corrected chi connectivity index (χ0v) is 15.5. The van der Waals surface area contributed by atoms with Gasteiger partial charge in [0.2, 0.25) is 0 Å². The molecule has 6 nitrogen and oxygen atoms in total. The standard InChI is InChI=1S/C19H20N4O2S/c1-14(2)12-22-18(16-6-4-3-5-7-16)20-21-19(22)26-13-15-8-10-17(11-9-15)23(24)25/h3-11,14H,12-13H2,1-2H3. The number of nitrogens with zero attached hydrogens (tertiary/aromatic N) is 4. The van der Waals surface area contributed by atoms with Crippen molar-refractivity contribution < 1.29 is 4.92 Å². The maximum Gasteiger partial charge on any atom is 0.269 e. The Bertz CT molecular complexity index is 876. The van der Waals surface area contributed by atoms with Gasteiger partial charge in [-0.2, -0.15) is 0 Å². The van der Waals surface area contributed by atoms with Gasteiger partial charge in [-0.15, -0.1) is 10.2 Å². The minimum absolute atomic E-state index is 0.105. The number of rotatable bonds is 7. The lowest BCUT2D eigenvalue weighted by molar-refractivity contribution is -0.384. The maximum absolute atomic E-state index is 10.8. The minimum Gasteiger partial charge on any atom is -0.302 e. The van der Waals surface area contributed by atoms with E-state index in [1.165, 1.54) is 12.1 Å². The highest BCUT2D eigenvalue weighted by Gasteiger charge is 2.15. The fourth-order valence-electron chi connectivity index (χ4n) is 2.59. The lowest BCUT2D eigenvalue weighted by atomic mass is 10.2. The molecule has 0 spiro atoms. The van der Waals surface area contributed by atoms with E-state index in [0.29, 0.717) is 11.7 Å². The Morgan fingerprint density at radius 2 is 1.77 bits per heavy atom. The second kappa shape index (κ2) is 8.14. The van der Waals surface area contributed by atoms with Crippen LogP contribution in [0.4, 0.5) is 5.69 Å². The molecule has 1 heterocycles. The van der Waals surface area contributed by atoms with E-state index >= 15 is 0 Å². The fraction of sp³-hybridized carbons (Fsp3) is 0.263. The van der Waals surface area contributed by atoms with E-state index in [1.807, 2.05) is 30.3 Å². The molecule has 26 heavy (non-hydrogen) atoms. The summed E-state index contributed by atoms with van der Waals surface area (Å²) in [6.07, 6.45) is 0. The van der Waals surface area contributed by atoms with Gasteiger partial charge in [0.1, 0.15) is 0 Å². The summed E-state index contributed by atoms with van der Waals surface area (Å²) >= 11 is 1.59. The molecule has 2 aromatic carbocycles. The third-order valence-corrected chi connectivity index (χ3v) is 4.85. The van der Waals surface area contributed by atoms with Crippen molar-refractivity contribution in [2.45, 2.75) is 31.3 Å². The molecule has 0 aliphatic rings. The first-order chi connectivity index (χ1) is 12.5.